The van der Waals surface area contributed by atoms with Crippen molar-refractivity contribution in [2.75, 3.05) is 26.1 Å². The molecule has 1 N–H and O–H groups in total. The normalized spacial score (nSPS) is 11.4. The number of halogens is 1. The zero-order valence-corrected chi connectivity index (χ0v) is 15.5. The van der Waals surface area contributed by atoms with Gasteiger partial charge in [0.05, 0.1) is 27.5 Å². The van der Waals surface area contributed by atoms with Crippen LogP contribution < -0.4 is 18.9 Å². The molecular formula is C14H14ClN5O5S. The van der Waals surface area contributed by atoms with Gasteiger partial charge in [0.25, 0.3) is 16.0 Å². The molecule has 0 saturated carbocycles. The maximum Gasteiger partial charge on any atom is 0.319 e. The van der Waals surface area contributed by atoms with Crippen molar-refractivity contribution < 1.29 is 22.6 Å². The third kappa shape index (κ3) is 3.18. The zero-order valence-electron chi connectivity index (χ0n) is 13.9. The van der Waals surface area contributed by atoms with Crippen molar-refractivity contribution in [2.24, 2.45) is 0 Å². The Balaban J connectivity index is 2.07. The Labute approximate surface area is 153 Å². The number of fused-ring (bicyclic) bond motifs is 1. The number of nitrogens with zero attached hydrogens (tertiary/aromatic N) is 4. The Hall–Kier alpha value is -2.79. The number of rotatable bonds is 6. The van der Waals surface area contributed by atoms with Crippen molar-refractivity contribution in [2.45, 2.75) is 4.90 Å². The van der Waals surface area contributed by atoms with Crippen molar-refractivity contribution >= 4 is 33.2 Å². The minimum Gasteiger partial charge on any atom is -0.495 e. The van der Waals surface area contributed by atoms with Crippen LogP contribution in [0.15, 0.2) is 29.3 Å². The summed E-state index contributed by atoms with van der Waals surface area (Å²) in [4.78, 5) is 7.98. The quantitative estimate of drug-likeness (QED) is 0.664. The zero-order chi connectivity index (χ0) is 18.9. The van der Waals surface area contributed by atoms with Crippen molar-refractivity contribution in [1.82, 2.24) is 19.6 Å². The molecule has 2 aromatic heterocycles. The number of anilines is 1. The number of nitrogens with one attached hydrogen (secondary N) is 1. The third-order valence-electron chi connectivity index (χ3n) is 3.34. The van der Waals surface area contributed by atoms with E-state index in [9.17, 15) is 8.42 Å². The van der Waals surface area contributed by atoms with Crippen LogP contribution in [0, 0.1) is 0 Å². The molecule has 138 valence electrons. The summed E-state index contributed by atoms with van der Waals surface area (Å²) >= 11 is 5.90. The molecule has 1 aromatic carbocycles. The summed E-state index contributed by atoms with van der Waals surface area (Å²) in [5.74, 6) is 0.225. The van der Waals surface area contributed by atoms with Crippen LogP contribution in [0.4, 0.5) is 5.95 Å². The van der Waals surface area contributed by atoms with Crippen LogP contribution in [0.3, 0.4) is 0 Å². The summed E-state index contributed by atoms with van der Waals surface area (Å²) in [7, 11) is 0.118. The van der Waals surface area contributed by atoms with Gasteiger partial charge in [0, 0.05) is 5.02 Å². The van der Waals surface area contributed by atoms with E-state index >= 15 is 0 Å². The Bertz CT molecular complexity index is 1030. The summed E-state index contributed by atoms with van der Waals surface area (Å²) in [6.07, 6.45) is 1.39. The van der Waals surface area contributed by atoms with Crippen LogP contribution in [-0.2, 0) is 10.0 Å². The van der Waals surface area contributed by atoms with Gasteiger partial charge in [0.15, 0.2) is 5.75 Å². The lowest BCUT2D eigenvalue weighted by Crippen LogP contribution is -2.15. The second kappa shape index (κ2) is 6.84. The summed E-state index contributed by atoms with van der Waals surface area (Å²) in [5, 5.41) is 4.29. The van der Waals surface area contributed by atoms with E-state index in [2.05, 4.69) is 19.8 Å². The molecule has 10 nitrogen and oxygen atoms in total. The summed E-state index contributed by atoms with van der Waals surface area (Å²) in [5.41, 5.74) is 0.232. The lowest BCUT2D eigenvalue weighted by molar-refractivity contribution is 0.359. The van der Waals surface area contributed by atoms with Gasteiger partial charge < -0.3 is 14.2 Å². The molecular weight excluding hydrogens is 386 g/mol. The molecule has 0 saturated heterocycles. The minimum atomic E-state index is -4.07. The lowest BCUT2D eigenvalue weighted by Gasteiger charge is -2.09. The molecule has 0 amide bonds. The molecule has 0 atom stereocenters. The van der Waals surface area contributed by atoms with Crippen LogP contribution in [0.2, 0.25) is 5.02 Å². The van der Waals surface area contributed by atoms with Gasteiger partial charge in [-0.15, -0.1) is 5.10 Å². The largest absolute Gasteiger partial charge is 0.495 e. The highest BCUT2D eigenvalue weighted by Crippen LogP contribution is 2.29. The SMILES string of the molecule is COc1ccc(Cl)cc1S(=O)(=O)Nc1nc2c(OC)cnc(OC)n2n1. The topological polar surface area (TPSA) is 117 Å². The van der Waals surface area contributed by atoms with E-state index in [0.29, 0.717) is 5.75 Å². The second-order valence-electron chi connectivity index (χ2n) is 4.88. The van der Waals surface area contributed by atoms with Crippen LogP contribution >= 0.6 is 11.6 Å². The minimum absolute atomic E-state index is 0.110. The van der Waals surface area contributed by atoms with Gasteiger partial charge in [0.1, 0.15) is 10.6 Å². The molecule has 0 fully saturated rings. The van der Waals surface area contributed by atoms with Crippen LogP contribution in [-0.4, -0.2) is 49.3 Å². The highest BCUT2D eigenvalue weighted by molar-refractivity contribution is 7.92. The van der Waals surface area contributed by atoms with Crippen LogP contribution in [0.25, 0.3) is 5.65 Å². The van der Waals surface area contributed by atoms with Crippen molar-refractivity contribution in [3.8, 4) is 17.5 Å². The highest BCUT2D eigenvalue weighted by atomic mass is 35.5. The van der Waals surface area contributed by atoms with Crippen LogP contribution in [0.5, 0.6) is 17.5 Å². The Morgan fingerprint density at radius 3 is 2.50 bits per heavy atom. The van der Waals surface area contributed by atoms with Gasteiger partial charge in [-0.05, 0) is 18.2 Å². The summed E-state index contributed by atoms with van der Waals surface area (Å²) in [6, 6.07) is 4.34. The molecule has 0 unspecified atom stereocenters. The van der Waals surface area contributed by atoms with E-state index in [4.69, 9.17) is 25.8 Å². The first-order chi connectivity index (χ1) is 12.4. The van der Waals surface area contributed by atoms with Crippen molar-refractivity contribution in [3.05, 3.63) is 29.4 Å². The number of sulfonamides is 1. The van der Waals surface area contributed by atoms with Gasteiger partial charge in [-0.25, -0.2) is 13.1 Å². The van der Waals surface area contributed by atoms with Gasteiger partial charge >= 0.3 is 6.01 Å². The maximum absolute atomic E-state index is 12.7. The van der Waals surface area contributed by atoms with Gasteiger partial charge in [0.2, 0.25) is 5.65 Å². The third-order valence-corrected chi connectivity index (χ3v) is 4.93. The lowest BCUT2D eigenvalue weighted by atomic mass is 10.3. The van der Waals surface area contributed by atoms with E-state index < -0.39 is 10.0 Å². The fourth-order valence-electron chi connectivity index (χ4n) is 2.19. The van der Waals surface area contributed by atoms with E-state index in [-0.39, 0.29) is 33.3 Å². The van der Waals surface area contributed by atoms with Crippen molar-refractivity contribution in [1.29, 1.82) is 0 Å². The van der Waals surface area contributed by atoms with Crippen molar-refractivity contribution in [3.63, 3.8) is 0 Å². The van der Waals surface area contributed by atoms with E-state index in [0.717, 1.165) is 0 Å². The summed E-state index contributed by atoms with van der Waals surface area (Å²) < 4.78 is 44.2. The van der Waals surface area contributed by atoms with E-state index in [1.54, 1.807) is 0 Å². The number of aromatic nitrogens is 4. The molecule has 0 aliphatic heterocycles. The maximum atomic E-state index is 12.7. The molecule has 2 heterocycles. The highest BCUT2D eigenvalue weighted by Gasteiger charge is 2.23. The first-order valence-electron chi connectivity index (χ1n) is 7.09. The molecule has 0 aliphatic rings. The molecule has 0 aliphatic carbocycles. The number of methoxy groups -OCH3 is 3. The molecule has 0 bridgehead atoms. The second-order valence-corrected chi connectivity index (χ2v) is 6.97. The predicted molar refractivity (Wildman–Crippen MR) is 92.7 cm³/mol. The van der Waals surface area contributed by atoms with E-state index in [1.807, 2.05) is 0 Å². The van der Waals surface area contributed by atoms with Gasteiger partial charge in [-0.1, -0.05) is 11.6 Å². The number of hydrogen-bond acceptors (Lipinski definition) is 8. The number of benzene rings is 1. The Kier molecular flexibility index (Phi) is 4.74. The smallest absolute Gasteiger partial charge is 0.319 e. The Morgan fingerprint density at radius 1 is 1.12 bits per heavy atom. The molecule has 12 heteroatoms. The molecule has 26 heavy (non-hydrogen) atoms. The van der Waals surface area contributed by atoms with Gasteiger partial charge in [-0.2, -0.15) is 14.5 Å². The first kappa shape index (κ1) is 18.0. The fraction of sp³-hybridized carbons (Fsp3) is 0.214. The fourth-order valence-corrected chi connectivity index (χ4v) is 3.57. The molecule has 0 spiro atoms. The van der Waals surface area contributed by atoms with E-state index in [1.165, 1.54) is 50.2 Å². The average molecular weight is 400 g/mol. The number of ether oxygens (including phenoxy) is 3. The summed E-state index contributed by atoms with van der Waals surface area (Å²) in [6.45, 7) is 0. The predicted octanol–water partition coefficient (Wildman–Crippen LogP) is 1.60. The average Bonchev–Trinajstić information content (AvgIpc) is 3.03. The molecule has 3 aromatic rings. The number of hydrogen-bond donors (Lipinski definition) is 1. The van der Waals surface area contributed by atoms with Gasteiger partial charge in [-0.3, -0.25) is 0 Å². The molecule has 3 rings (SSSR count). The monoisotopic (exact) mass is 399 g/mol. The molecule has 0 radical (unpaired) electrons. The first-order valence-corrected chi connectivity index (χ1v) is 8.96. The standard InChI is InChI=1S/C14H14ClN5O5S/c1-23-9-5-4-8(15)6-11(9)26(21,22)19-13-17-12-10(24-2)7-16-14(25-3)20(12)18-13/h4-7H,1-3H3,(H,18,19). The Morgan fingerprint density at radius 2 is 1.85 bits per heavy atom. The van der Waals surface area contributed by atoms with Crippen LogP contribution in [0.1, 0.15) is 0 Å².